The van der Waals surface area contributed by atoms with Gasteiger partial charge in [-0.1, -0.05) is 12.1 Å². The highest BCUT2D eigenvalue weighted by Crippen LogP contribution is 2.37. The van der Waals surface area contributed by atoms with Gasteiger partial charge in [0.1, 0.15) is 6.10 Å². The van der Waals surface area contributed by atoms with E-state index in [0.29, 0.717) is 12.2 Å². The van der Waals surface area contributed by atoms with Gasteiger partial charge < -0.3 is 23.8 Å². The molecule has 1 aromatic rings. The lowest BCUT2D eigenvalue weighted by atomic mass is 9.95. The van der Waals surface area contributed by atoms with Crippen LogP contribution in [0.2, 0.25) is 0 Å². The molecule has 0 aromatic carbocycles. The Labute approximate surface area is 137 Å². The number of rotatable bonds is 6. The van der Waals surface area contributed by atoms with Crippen LogP contribution in [0, 0.1) is 5.92 Å². The number of carboxylic acid groups (broad SMARTS) is 1. The molecule has 1 saturated heterocycles. The van der Waals surface area contributed by atoms with Crippen molar-refractivity contribution in [2.24, 2.45) is 5.92 Å². The Hall–Kier alpha value is -2.49. The van der Waals surface area contributed by atoms with Crippen molar-refractivity contribution < 1.29 is 38.2 Å². The second-order valence-corrected chi connectivity index (χ2v) is 5.26. The van der Waals surface area contributed by atoms with Crippen LogP contribution < -0.4 is 0 Å². The molecule has 24 heavy (non-hydrogen) atoms. The standard InChI is InChI=1S/C14H18N2O8/c1-4-9-15-13(24-16-9)12-10(22-6(2)17)8(5-21-12)11(14(19)20)23-7(3)18/h8,10-12H,4-5H2,1-3H3,(H,19,20)/t8-,10-,11-,12+/m1/s1. The Morgan fingerprint density at radius 3 is 2.54 bits per heavy atom. The van der Waals surface area contributed by atoms with Gasteiger partial charge in [-0.25, -0.2) is 4.79 Å². The lowest BCUT2D eigenvalue weighted by Gasteiger charge is -2.24. The van der Waals surface area contributed by atoms with E-state index in [4.69, 9.17) is 18.7 Å². The second kappa shape index (κ2) is 7.39. The summed E-state index contributed by atoms with van der Waals surface area (Å²) < 4.78 is 20.6. The molecule has 0 unspecified atom stereocenters. The first-order valence-electron chi connectivity index (χ1n) is 7.34. The van der Waals surface area contributed by atoms with Crippen molar-refractivity contribution >= 4 is 17.9 Å². The van der Waals surface area contributed by atoms with Crippen LogP contribution in [0.5, 0.6) is 0 Å². The SMILES string of the molecule is CCc1noc([C@H]2OC[C@@H]([C@@H](OC(C)=O)C(=O)O)[C@H]2OC(C)=O)n1. The highest BCUT2D eigenvalue weighted by atomic mass is 16.6. The van der Waals surface area contributed by atoms with Crippen LogP contribution in [0.25, 0.3) is 0 Å². The third kappa shape index (κ3) is 3.88. The minimum atomic E-state index is -1.52. The van der Waals surface area contributed by atoms with Gasteiger partial charge in [0.25, 0.3) is 5.89 Å². The van der Waals surface area contributed by atoms with E-state index in [2.05, 4.69) is 10.1 Å². The molecule has 0 amide bonds. The summed E-state index contributed by atoms with van der Waals surface area (Å²) in [5.74, 6) is -3.16. The molecule has 2 heterocycles. The Bertz CT molecular complexity index is 628. The monoisotopic (exact) mass is 342 g/mol. The number of aryl methyl sites for hydroxylation is 1. The Morgan fingerprint density at radius 2 is 2.04 bits per heavy atom. The molecule has 10 nitrogen and oxygen atoms in total. The van der Waals surface area contributed by atoms with E-state index in [1.54, 1.807) is 0 Å². The maximum Gasteiger partial charge on any atom is 0.345 e. The van der Waals surface area contributed by atoms with E-state index in [9.17, 15) is 19.5 Å². The predicted octanol–water partition coefficient (Wildman–Crippen LogP) is 0.267. The topological polar surface area (TPSA) is 138 Å². The van der Waals surface area contributed by atoms with E-state index >= 15 is 0 Å². The fraction of sp³-hybridized carbons (Fsp3) is 0.643. The number of esters is 2. The van der Waals surface area contributed by atoms with E-state index < -0.39 is 42.1 Å². The minimum Gasteiger partial charge on any atom is -0.478 e. The van der Waals surface area contributed by atoms with Gasteiger partial charge in [-0.15, -0.1) is 0 Å². The highest BCUT2D eigenvalue weighted by Gasteiger charge is 2.50. The predicted molar refractivity (Wildman–Crippen MR) is 74.6 cm³/mol. The Balaban J connectivity index is 2.29. The van der Waals surface area contributed by atoms with Gasteiger partial charge in [0, 0.05) is 20.3 Å². The Morgan fingerprint density at radius 1 is 1.33 bits per heavy atom. The zero-order chi connectivity index (χ0) is 17.9. The van der Waals surface area contributed by atoms with Gasteiger partial charge in [-0.2, -0.15) is 4.98 Å². The molecular weight excluding hydrogens is 324 g/mol. The number of carboxylic acids is 1. The van der Waals surface area contributed by atoms with Crippen LogP contribution in [-0.4, -0.2) is 52.0 Å². The first-order chi connectivity index (χ1) is 11.3. The third-order valence-corrected chi connectivity index (χ3v) is 3.46. The number of aromatic nitrogens is 2. The molecule has 0 spiro atoms. The molecular formula is C14H18N2O8. The number of carbonyl (C=O) groups excluding carboxylic acids is 2. The molecule has 0 radical (unpaired) electrons. The number of hydrogen-bond donors (Lipinski definition) is 1. The van der Waals surface area contributed by atoms with Crippen molar-refractivity contribution in [3.8, 4) is 0 Å². The third-order valence-electron chi connectivity index (χ3n) is 3.46. The molecule has 0 bridgehead atoms. The lowest BCUT2D eigenvalue weighted by molar-refractivity contribution is -0.172. The first-order valence-corrected chi connectivity index (χ1v) is 7.34. The number of aliphatic carboxylic acids is 1. The summed E-state index contributed by atoms with van der Waals surface area (Å²) in [5, 5.41) is 13.0. The van der Waals surface area contributed by atoms with E-state index in [1.807, 2.05) is 6.92 Å². The molecule has 0 aliphatic carbocycles. The van der Waals surface area contributed by atoms with Crippen LogP contribution >= 0.6 is 0 Å². The molecule has 1 N–H and O–H groups in total. The molecule has 1 aliphatic heterocycles. The smallest absolute Gasteiger partial charge is 0.345 e. The Kier molecular flexibility index (Phi) is 5.50. The number of ether oxygens (including phenoxy) is 3. The van der Waals surface area contributed by atoms with Crippen LogP contribution in [0.15, 0.2) is 4.52 Å². The summed E-state index contributed by atoms with van der Waals surface area (Å²) in [6, 6.07) is 0. The van der Waals surface area contributed by atoms with E-state index in [-0.39, 0.29) is 12.5 Å². The van der Waals surface area contributed by atoms with Gasteiger partial charge in [-0.3, -0.25) is 9.59 Å². The van der Waals surface area contributed by atoms with Gasteiger partial charge in [-0.05, 0) is 0 Å². The van der Waals surface area contributed by atoms with Crippen molar-refractivity contribution in [3.05, 3.63) is 11.7 Å². The normalized spacial score (nSPS) is 24.4. The molecule has 2 rings (SSSR count). The fourth-order valence-electron chi connectivity index (χ4n) is 2.47. The van der Waals surface area contributed by atoms with Crippen molar-refractivity contribution in [2.75, 3.05) is 6.61 Å². The second-order valence-electron chi connectivity index (χ2n) is 5.26. The summed E-state index contributed by atoms with van der Waals surface area (Å²) in [4.78, 5) is 38.1. The maximum absolute atomic E-state index is 11.4. The van der Waals surface area contributed by atoms with Crippen molar-refractivity contribution in [2.45, 2.75) is 45.5 Å². The number of carbonyl (C=O) groups is 3. The van der Waals surface area contributed by atoms with Crippen LogP contribution in [-0.2, 0) is 35.0 Å². The zero-order valence-corrected chi connectivity index (χ0v) is 13.4. The average Bonchev–Trinajstić information content (AvgIpc) is 3.10. The van der Waals surface area contributed by atoms with Gasteiger partial charge >= 0.3 is 17.9 Å². The molecule has 10 heteroatoms. The summed E-state index contributed by atoms with van der Waals surface area (Å²) in [6.45, 7) is 3.99. The van der Waals surface area contributed by atoms with Gasteiger partial charge in [0.2, 0.25) is 6.10 Å². The molecule has 1 aliphatic rings. The van der Waals surface area contributed by atoms with Crippen molar-refractivity contribution in [3.63, 3.8) is 0 Å². The molecule has 132 valence electrons. The van der Waals surface area contributed by atoms with Gasteiger partial charge in [0.05, 0.1) is 12.5 Å². The van der Waals surface area contributed by atoms with E-state index in [1.165, 1.54) is 6.92 Å². The van der Waals surface area contributed by atoms with Gasteiger partial charge in [0.15, 0.2) is 11.9 Å². The minimum absolute atomic E-state index is 0.0764. The number of hydrogen-bond acceptors (Lipinski definition) is 9. The first kappa shape index (κ1) is 17.9. The van der Waals surface area contributed by atoms with Crippen LogP contribution in [0.1, 0.15) is 38.6 Å². The van der Waals surface area contributed by atoms with Crippen molar-refractivity contribution in [1.82, 2.24) is 10.1 Å². The highest BCUT2D eigenvalue weighted by molar-refractivity contribution is 5.77. The quantitative estimate of drug-likeness (QED) is 0.716. The van der Waals surface area contributed by atoms with E-state index in [0.717, 1.165) is 6.92 Å². The number of nitrogens with zero attached hydrogens (tertiary/aromatic N) is 2. The summed E-state index contributed by atoms with van der Waals surface area (Å²) in [7, 11) is 0. The lowest BCUT2D eigenvalue weighted by Crippen LogP contribution is -2.42. The molecule has 0 saturated carbocycles. The molecule has 1 fully saturated rings. The molecule has 4 atom stereocenters. The van der Waals surface area contributed by atoms with Crippen LogP contribution in [0.4, 0.5) is 0 Å². The maximum atomic E-state index is 11.4. The average molecular weight is 342 g/mol. The van der Waals surface area contributed by atoms with Crippen LogP contribution in [0.3, 0.4) is 0 Å². The summed E-state index contributed by atoms with van der Waals surface area (Å²) >= 11 is 0. The summed E-state index contributed by atoms with van der Waals surface area (Å²) in [6.07, 6.45) is -2.95. The fourth-order valence-corrected chi connectivity index (χ4v) is 2.47. The van der Waals surface area contributed by atoms with Crippen molar-refractivity contribution in [1.29, 1.82) is 0 Å². The molecule has 1 aromatic heterocycles. The largest absolute Gasteiger partial charge is 0.478 e. The zero-order valence-electron chi connectivity index (χ0n) is 13.4. The summed E-state index contributed by atoms with van der Waals surface area (Å²) in [5.41, 5.74) is 0.